The first-order chi connectivity index (χ1) is 16.2. The molecule has 0 aliphatic heterocycles. The average Bonchev–Trinajstić information content (AvgIpc) is 2.78. The Balaban J connectivity index is 1.39. The molecule has 0 saturated carbocycles. The Morgan fingerprint density at radius 3 is 2.50 bits per heavy atom. The van der Waals surface area contributed by atoms with Crippen LogP contribution >= 0.6 is 0 Å². The van der Waals surface area contributed by atoms with Crippen molar-refractivity contribution in [3.05, 3.63) is 77.5 Å². The SMILES string of the molecule is O=C(O)CC1CCc2cc(-c3ccc(NC(=O)Nc4cccc(C(F)(F)F)c4)cn3)ccc2C1. The van der Waals surface area contributed by atoms with Crippen LogP contribution in [0.2, 0.25) is 0 Å². The molecule has 2 amide bonds. The number of urea groups is 1. The number of carboxylic acid groups (broad SMARTS) is 1. The summed E-state index contributed by atoms with van der Waals surface area (Å²) < 4.78 is 38.5. The van der Waals surface area contributed by atoms with Gasteiger partial charge in [0.2, 0.25) is 0 Å². The molecule has 34 heavy (non-hydrogen) atoms. The minimum Gasteiger partial charge on any atom is -0.481 e. The van der Waals surface area contributed by atoms with Crippen molar-refractivity contribution >= 4 is 23.4 Å². The number of halogens is 3. The molecule has 3 N–H and O–H groups in total. The Morgan fingerprint density at radius 2 is 1.79 bits per heavy atom. The van der Waals surface area contributed by atoms with Crippen molar-refractivity contribution in [2.45, 2.75) is 31.9 Å². The van der Waals surface area contributed by atoms with Crippen LogP contribution in [0.25, 0.3) is 11.3 Å². The van der Waals surface area contributed by atoms with Crippen LogP contribution in [-0.2, 0) is 23.8 Å². The second-order valence-corrected chi connectivity index (χ2v) is 8.28. The molecule has 0 fully saturated rings. The molecule has 6 nitrogen and oxygen atoms in total. The van der Waals surface area contributed by atoms with Crippen LogP contribution in [0.15, 0.2) is 60.8 Å². The van der Waals surface area contributed by atoms with E-state index in [4.69, 9.17) is 5.11 Å². The zero-order valence-electron chi connectivity index (χ0n) is 18.0. The van der Waals surface area contributed by atoms with Crippen LogP contribution in [0.5, 0.6) is 0 Å². The Labute approximate surface area is 193 Å². The van der Waals surface area contributed by atoms with E-state index in [-0.39, 0.29) is 18.0 Å². The number of aryl methyl sites for hydroxylation is 1. The van der Waals surface area contributed by atoms with Crippen molar-refractivity contribution in [1.82, 2.24) is 4.98 Å². The van der Waals surface area contributed by atoms with Crippen LogP contribution in [0.4, 0.5) is 29.3 Å². The number of pyridine rings is 1. The molecular formula is C25H22F3N3O3. The van der Waals surface area contributed by atoms with Crippen molar-refractivity contribution in [3.8, 4) is 11.3 Å². The van der Waals surface area contributed by atoms with E-state index in [0.717, 1.165) is 42.5 Å². The van der Waals surface area contributed by atoms with E-state index >= 15 is 0 Å². The Morgan fingerprint density at radius 1 is 1.00 bits per heavy atom. The lowest BCUT2D eigenvalue weighted by atomic mass is 9.81. The maximum atomic E-state index is 12.8. The van der Waals surface area contributed by atoms with E-state index in [1.54, 1.807) is 12.1 Å². The van der Waals surface area contributed by atoms with E-state index in [9.17, 15) is 22.8 Å². The number of aliphatic carboxylic acids is 1. The Hall–Kier alpha value is -3.88. The number of hydrogen-bond acceptors (Lipinski definition) is 3. The molecule has 1 atom stereocenters. The average molecular weight is 469 g/mol. The molecule has 1 aromatic heterocycles. The Kier molecular flexibility index (Phi) is 6.54. The number of fused-ring (bicyclic) bond motifs is 1. The number of alkyl halides is 3. The topological polar surface area (TPSA) is 91.3 Å². The predicted octanol–water partition coefficient (Wildman–Crippen LogP) is 5.99. The quantitative estimate of drug-likeness (QED) is 0.428. The minimum absolute atomic E-state index is 0.0246. The maximum Gasteiger partial charge on any atom is 0.416 e. The fraction of sp³-hybridized carbons (Fsp3) is 0.240. The number of carbonyl (C=O) groups is 2. The lowest BCUT2D eigenvalue weighted by Crippen LogP contribution is -2.20. The molecular weight excluding hydrogens is 447 g/mol. The zero-order chi connectivity index (χ0) is 24.3. The summed E-state index contributed by atoms with van der Waals surface area (Å²) in [6.45, 7) is 0. The van der Waals surface area contributed by atoms with E-state index < -0.39 is 23.7 Å². The van der Waals surface area contributed by atoms with Gasteiger partial charge in [0.1, 0.15) is 0 Å². The highest BCUT2D eigenvalue weighted by Gasteiger charge is 2.30. The number of aromatic nitrogens is 1. The lowest BCUT2D eigenvalue weighted by molar-refractivity contribution is -0.138. The highest BCUT2D eigenvalue weighted by molar-refractivity contribution is 5.99. The third kappa shape index (κ3) is 5.72. The van der Waals surface area contributed by atoms with Crippen LogP contribution in [0.3, 0.4) is 0 Å². The summed E-state index contributed by atoms with van der Waals surface area (Å²) in [7, 11) is 0. The minimum atomic E-state index is -4.50. The molecule has 176 valence electrons. The molecule has 0 radical (unpaired) electrons. The first-order valence-electron chi connectivity index (χ1n) is 10.7. The van der Waals surface area contributed by atoms with Gasteiger partial charge in [-0.05, 0) is 72.7 Å². The highest BCUT2D eigenvalue weighted by atomic mass is 19.4. The van der Waals surface area contributed by atoms with Crippen LogP contribution in [0, 0.1) is 5.92 Å². The highest BCUT2D eigenvalue weighted by Crippen LogP contribution is 2.32. The van der Waals surface area contributed by atoms with Crippen molar-refractivity contribution in [2.75, 3.05) is 10.6 Å². The van der Waals surface area contributed by atoms with Gasteiger partial charge >= 0.3 is 18.2 Å². The first-order valence-corrected chi connectivity index (χ1v) is 10.7. The zero-order valence-corrected chi connectivity index (χ0v) is 18.0. The molecule has 1 unspecified atom stereocenters. The van der Waals surface area contributed by atoms with Crippen molar-refractivity contribution in [1.29, 1.82) is 0 Å². The standard InChI is InChI=1S/C25H22F3N3O3/c26-25(27,28)19-2-1-3-20(13-19)30-24(34)31-21-8-9-22(29-14-21)18-7-6-16-10-15(11-23(32)33)4-5-17(16)12-18/h1-3,6-9,12-15H,4-5,10-11H2,(H,32,33)(H2,30,31,34). The third-order valence-electron chi connectivity index (χ3n) is 5.76. The second kappa shape index (κ2) is 9.54. The first kappa shape index (κ1) is 23.3. The van der Waals surface area contributed by atoms with Crippen LogP contribution in [0.1, 0.15) is 29.5 Å². The second-order valence-electron chi connectivity index (χ2n) is 8.28. The van der Waals surface area contributed by atoms with Gasteiger partial charge in [-0.15, -0.1) is 0 Å². The normalized spacial score (nSPS) is 15.3. The smallest absolute Gasteiger partial charge is 0.416 e. The van der Waals surface area contributed by atoms with Gasteiger partial charge in [0.15, 0.2) is 0 Å². The van der Waals surface area contributed by atoms with Gasteiger partial charge < -0.3 is 15.7 Å². The molecule has 3 aromatic rings. The summed E-state index contributed by atoms with van der Waals surface area (Å²) in [5, 5.41) is 14.0. The summed E-state index contributed by atoms with van der Waals surface area (Å²) in [4.78, 5) is 27.5. The summed E-state index contributed by atoms with van der Waals surface area (Å²) in [6.07, 6.45) is -0.442. The van der Waals surface area contributed by atoms with Gasteiger partial charge in [-0.2, -0.15) is 13.2 Å². The van der Waals surface area contributed by atoms with Gasteiger partial charge in [0.25, 0.3) is 0 Å². The monoisotopic (exact) mass is 469 g/mol. The number of hydrogen-bond donors (Lipinski definition) is 3. The molecule has 4 rings (SSSR count). The Bertz CT molecular complexity index is 1210. The fourth-order valence-corrected chi connectivity index (χ4v) is 4.12. The van der Waals surface area contributed by atoms with Gasteiger partial charge in [-0.3, -0.25) is 9.78 Å². The third-order valence-corrected chi connectivity index (χ3v) is 5.76. The fourth-order valence-electron chi connectivity index (χ4n) is 4.12. The molecule has 1 aliphatic carbocycles. The summed E-state index contributed by atoms with van der Waals surface area (Å²) >= 11 is 0. The number of carbonyl (C=O) groups excluding carboxylic acids is 1. The molecule has 1 aliphatic rings. The summed E-state index contributed by atoms with van der Waals surface area (Å²) in [5.41, 5.74) is 3.53. The molecule has 0 saturated heterocycles. The molecule has 0 bridgehead atoms. The van der Waals surface area contributed by atoms with Gasteiger partial charge in [0.05, 0.1) is 23.1 Å². The molecule has 9 heteroatoms. The van der Waals surface area contributed by atoms with E-state index in [1.165, 1.54) is 23.9 Å². The molecule has 1 heterocycles. The maximum absolute atomic E-state index is 12.8. The predicted molar refractivity (Wildman–Crippen MR) is 122 cm³/mol. The number of carboxylic acids is 1. The van der Waals surface area contributed by atoms with Crippen LogP contribution in [-0.4, -0.2) is 22.1 Å². The summed E-state index contributed by atoms with van der Waals surface area (Å²) in [5.74, 6) is -0.618. The van der Waals surface area contributed by atoms with E-state index in [0.29, 0.717) is 11.4 Å². The van der Waals surface area contributed by atoms with Crippen molar-refractivity contribution in [3.63, 3.8) is 0 Å². The van der Waals surface area contributed by atoms with Gasteiger partial charge in [-0.25, -0.2) is 4.79 Å². The van der Waals surface area contributed by atoms with E-state index in [2.05, 4.69) is 21.7 Å². The van der Waals surface area contributed by atoms with Crippen molar-refractivity contribution in [2.24, 2.45) is 5.92 Å². The van der Waals surface area contributed by atoms with Gasteiger partial charge in [-0.1, -0.05) is 18.2 Å². The molecule has 0 spiro atoms. The number of nitrogens with one attached hydrogen (secondary N) is 2. The number of benzene rings is 2. The number of amides is 2. The number of rotatable bonds is 5. The molecule has 2 aromatic carbocycles. The summed E-state index contributed by atoms with van der Waals surface area (Å²) in [6, 6.07) is 13.1. The number of nitrogens with zero attached hydrogens (tertiary/aromatic N) is 1. The van der Waals surface area contributed by atoms with Gasteiger partial charge in [0, 0.05) is 17.7 Å². The largest absolute Gasteiger partial charge is 0.481 e. The van der Waals surface area contributed by atoms with Crippen LogP contribution < -0.4 is 10.6 Å². The van der Waals surface area contributed by atoms with E-state index in [1.807, 2.05) is 12.1 Å². The van der Waals surface area contributed by atoms with Crippen molar-refractivity contribution < 1.29 is 27.9 Å². The number of anilines is 2. The lowest BCUT2D eigenvalue weighted by Gasteiger charge is -2.24.